The highest BCUT2D eigenvalue weighted by Crippen LogP contribution is 2.17. The molecule has 1 rings (SSSR count). The third-order valence-electron chi connectivity index (χ3n) is 1.36. The number of nitrogens with two attached hydrogens (primary N) is 1. The number of amides is 1. The lowest BCUT2D eigenvalue weighted by Gasteiger charge is -2.00. The van der Waals surface area contributed by atoms with Crippen LogP contribution in [0.5, 0.6) is 0 Å². The molecule has 1 aromatic heterocycles. The molecule has 0 bridgehead atoms. The number of hydrogen-bond donors (Lipinski definition) is 1. The van der Waals surface area contributed by atoms with Crippen LogP contribution in [0.3, 0.4) is 0 Å². The van der Waals surface area contributed by atoms with E-state index in [0.29, 0.717) is 0 Å². The van der Waals surface area contributed by atoms with Gasteiger partial charge in [0.05, 0.1) is 5.56 Å². The summed E-state index contributed by atoms with van der Waals surface area (Å²) in [6.07, 6.45) is -2.86. The van der Waals surface area contributed by atoms with E-state index in [1.54, 1.807) is 0 Å². The van der Waals surface area contributed by atoms with Crippen LogP contribution < -0.4 is 5.73 Å². The molecule has 1 heterocycles. The van der Waals surface area contributed by atoms with Crippen molar-refractivity contribution in [2.24, 2.45) is 5.73 Å². The molecule has 1 aromatic rings. The van der Waals surface area contributed by atoms with Crippen LogP contribution in [-0.2, 0) is 0 Å². The summed E-state index contributed by atoms with van der Waals surface area (Å²) < 4.78 is 36.6. The van der Waals surface area contributed by atoms with Gasteiger partial charge in [-0.2, -0.15) is 4.39 Å². The largest absolute Gasteiger partial charge is 0.365 e. The van der Waals surface area contributed by atoms with E-state index in [9.17, 15) is 18.0 Å². The minimum absolute atomic E-state index is 0.496. The van der Waals surface area contributed by atoms with Crippen molar-refractivity contribution in [1.29, 1.82) is 0 Å². The lowest BCUT2D eigenvalue weighted by atomic mass is 10.2. The number of nitrogens with zero attached hydrogens (tertiary/aromatic N) is 1. The number of primary amides is 1. The summed E-state index contributed by atoms with van der Waals surface area (Å²) in [6.45, 7) is 0. The fraction of sp³-hybridized carbons (Fsp3) is 0.143. The molecule has 3 nitrogen and oxygen atoms in total. The Kier molecular flexibility index (Phi) is 2.50. The van der Waals surface area contributed by atoms with Gasteiger partial charge in [-0.15, -0.1) is 0 Å². The van der Waals surface area contributed by atoms with E-state index < -0.39 is 29.5 Å². The maximum atomic E-state index is 12.7. The second-order valence-electron chi connectivity index (χ2n) is 2.24. The Morgan fingerprint density at radius 2 is 2.08 bits per heavy atom. The van der Waals surface area contributed by atoms with Gasteiger partial charge in [-0.1, -0.05) is 0 Å². The van der Waals surface area contributed by atoms with Gasteiger partial charge in [0, 0.05) is 0 Å². The van der Waals surface area contributed by atoms with E-state index in [2.05, 4.69) is 4.98 Å². The minimum atomic E-state index is -2.86. The number of alkyl halides is 2. The van der Waals surface area contributed by atoms with Gasteiger partial charge in [0.25, 0.3) is 12.3 Å². The zero-order chi connectivity index (χ0) is 10.0. The van der Waals surface area contributed by atoms with Crippen molar-refractivity contribution in [2.45, 2.75) is 6.43 Å². The molecule has 0 unspecified atom stereocenters. The topological polar surface area (TPSA) is 56.0 Å². The molecular weight excluding hydrogens is 185 g/mol. The maximum Gasteiger partial charge on any atom is 0.280 e. The molecule has 0 saturated heterocycles. The van der Waals surface area contributed by atoms with E-state index in [1.807, 2.05) is 0 Å². The Morgan fingerprint density at radius 3 is 2.46 bits per heavy atom. The summed E-state index contributed by atoms with van der Waals surface area (Å²) >= 11 is 0. The molecule has 0 atom stereocenters. The van der Waals surface area contributed by atoms with Gasteiger partial charge in [-0.25, -0.2) is 13.8 Å². The number of hydrogen-bond acceptors (Lipinski definition) is 2. The molecular formula is C7H5F3N2O. The smallest absolute Gasteiger partial charge is 0.280 e. The van der Waals surface area contributed by atoms with E-state index in [-0.39, 0.29) is 0 Å². The first-order valence-corrected chi connectivity index (χ1v) is 3.26. The van der Waals surface area contributed by atoms with Crippen LogP contribution in [0, 0.1) is 5.95 Å². The van der Waals surface area contributed by atoms with Crippen molar-refractivity contribution in [3.63, 3.8) is 0 Å². The lowest BCUT2D eigenvalue weighted by molar-refractivity contribution is 0.0994. The standard InChI is InChI=1S/C7H5F3N2O/c8-5(9)4-2-1-3(7(11)13)6(10)12-4/h1-2,5H,(H2,11,13). The van der Waals surface area contributed by atoms with E-state index in [0.717, 1.165) is 12.1 Å². The van der Waals surface area contributed by atoms with Gasteiger partial charge >= 0.3 is 0 Å². The molecule has 0 aliphatic rings. The third kappa shape index (κ3) is 1.95. The normalized spacial score (nSPS) is 10.5. The first-order valence-electron chi connectivity index (χ1n) is 3.26. The lowest BCUT2D eigenvalue weighted by Crippen LogP contribution is -2.14. The number of carbonyl (C=O) groups excluding carboxylic acids is 1. The first kappa shape index (κ1) is 9.50. The number of pyridine rings is 1. The van der Waals surface area contributed by atoms with Crippen molar-refractivity contribution in [2.75, 3.05) is 0 Å². The van der Waals surface area contributed by atoms with Crippen molar-refractivity contribution in [3.05, 3.63) is 29.3 Å². The highest BCUT2D eigenvalue weighted by Gasteiger charge is 2.14. The van der Waals surface area contributed by atoms with Gasteiger partial charge in [0.2, 0.25) is 5.95 Å². The second kappa shape index (κ2) is 3.42. The van der Waals surface area contributed by atoms with Gasteiger partial charge in [-0.3, -0.25) is 4.79 Å². The second-order valence-corrected chi connectivity index (χ2v) is 2.24. The predicted octanol–water partition coefficient (Wildman–Crippen LogP) is 1.26. The average Bonchev–Trinajstić information content (AvgIpc) is 2.03. The average molecular weight is 190 g/mol. The Labute approximate surface area is 71.4 Å². The van der Waals surface area contributed by atoms with Crippen molar-refractivity contribution < 1.29 is 18.0 Å². The van der Waals surface area contributed by atoms with Crippen LogP contribution in [0.25, 0.3) is 0 Å². The molecule has 6 heteroatoms. The van der Waals surface area contributed by atoms with Crippen LogP contribution in [-0.4, -0.2) is 10.9 Å². The van der Waals surface area contributed by atoms with Crippen LogP contribution in [0.4, 0.5) is 13.2 Å². The minimum Gasteiger partial charge on any atom is -0.365 e. The number of carbonyl (C=O) groups is 1. The molecule has 0 aromatic carbocycles. The highest BCUT2D eigenvalue weighted by atomic mass is 19.3. The van der Waals surface area contributed by atoms with Crippen molar-refractivity contribution in [3.8, 4) is 0 Å². The number of aromatic nitrogens is 1. The van der Waals surface area contributed by atoms with Crippen molar-refractivity contribution >= 4 is 5.91 Å². The Morgan fingerprint density at radius 1 is 1.46 bits per heavy atom. The van der Waals surface area contributed by atoms with Crippen LogP contribution in [0.1, 0.15) is 22.5 Å². The number of halogens is 3. The number of rotatable bonds is 2. The van der Waals surface area contributed by atoms with Crippen LogP contribution >= 0.6 is 0 Å². The maximum absolute atomic E-state index is 12.7. The molecule has 1 amide bonds. The summed E-state index contributed by atoms with van der Waals surface area (Å²) in [6, 6.07) is 1.74. The fourth-order valence-electron chi connectivity index (χ4n) is 0.754. The molecule has 0 aliphatic heterocycles. The van der Waals surface area contributed by atoms with E-state index >= 15 is 0 Å². The molecule has 0 spiro atoms. The summed E-state index contributed by atoms with van der Waals surface area (Å²) in [5.41, 5.74) is 3.52. The predicted molar refractivity (Wildman–Crippen MR) is 37.7 cm³/mol. The van der Waals surface area contributed by atoms with Gasteiger partial charge < -0.3 is 5.73 Å². The Bertz CT molecular complexity index is 341. The Hall–Kier alpha value is -1.59. The zero-order valence-electron chi connectivity index (χ0n) is 6.30. The highest BCUT2D eigenvalue weighted by molar-refractivity contribution is 5.92. The van der Waals surface area contributed by atoms with Gasteiger partial charge in [0.1, 0.15) is 5.69 Å². The summed E-state index contributed by atoms with van der Waals surface area (Å²) in [4.78, 5) is 13.3. The quantitative estimate of drug-likeness (QED) is 0.713. The molecule has 70 valence electrons. The summed E-state index contributed by atoms with van der Waals surface area (Å²) in [7, 11) is 0. The fourth-order valence-corrected chi connectivity index (χ4v) is 0.754. The molecule has 13 heavy (non-hydrogen) atoms. The third-order valence-corrected chi connectivity index (χ3v) is 1.36. The van der Waals surface area contributed by atoms with Gasteiger partial charge in [-0.05, 0) is 12.1 Å². The first-order chi connectivity index (χ1) is 6.02. The molecule has 0 fully saturated rings. The molecule has 0 radical (unpaired) electrons. The molecule has 0 aliphatic carbocycles. The van der Waals surface area contributed by atoms with Crippen molar-refractivity contribution in [1.82, 2.24) is 4.98 Å². The van der Waals surface area contributed by atoms with Gasteiger partial charge in [0.15, 0.2) is 0 Å². The monoisotopic (exact) mass is 190 g/mol. The summed E-state index contributed by atoms with van der Waals surface area (Å²) in [5.74, 6) is -2.31. The summed E-state index contributed by atoms with van der Waals surface area (Å²) in [5, 5.41) is 0. The Balaban J connectivity index is 3.13. The SMILES string of the molecule is NC(=O)c1ccc(C(F)F)nc1F. The van der Waals surface area contributed by atoms with E-state index in [1.165, 1.54) is 0 Å². The molecule has 2 N–H and O–H groups in total. The van der Waals surface area contributed by atoms with E-state index in [4.69, 9.17) is 5.73 Å². The molecule has 0 saturated carbocycles. The van der Waals surface area contributed by atoms with Crippen LogP contribution in [0.15, 0.2) is 12.1 Å². The zero-order valence-corrected chi connectivity index (χ0v) is 6.30. The van der Waals surface area contributed by atoms with Crippen LogP contribution in [0.2, 0.25) is 0 Å².